The van der Waals surface area contributed by atoms with Gasteiger partial charge in [0.25, 0.3) is 0 Å². The normalized spacial score (nSPS) is 15.0. The molecule has 2 nitrogen and oxygen atoms in total. The summed E-state index contributed by atoms with van der Waals surface area (Å²) in [5.41, 5.74) is -0.110. The molecule has 4 heteroatoms. The van der Waals surface area contributed by atoms with E-state index in [1.807, 2.05) is 13.8 Å². The van der Waals surface area contributed by atoms with Crippen LogP contribution in [0.3, 0.4) is 0 Å². The first kappa shape index (κ1) is 14.6. The zero-order valence-corrected chi connectivity index (χ0v) is 12.0. The van der Waals surface area contributed by atoms with Gasteiger partial charge < -0.3 is 10.4 Å². The summed E-state index contributed by atoms with van der Waals surface area (Å²) in [6, 6.07) is 4.83. The Morgan fingerprint density at radius 1 is 1.47 bits per heavy atom. The second-order valence-corrected chi connectivity index (χ2v) is 5.80. The fourth-order valence-electron chi connectivity index (χ4n) is 1.58. The van der Waals surface area contributed by atoms with Crippen LogP contribution in [-0.4, -0.2) is 23.3 Å². The molecule has 2 N–H and O–H groups in total. The van der Waals surface area contributed by atoms with Crippen molar-refractivity contribution >= 4 is 15.9 Å². The predicted molar refractivity (Wildman–Crippen MR) is 71.6 cm³/mol. The van der Waals surface area contributed by atoms with E-state index in [9.17, 15) is 9.50 Å². The van der Waals surface area contributed by atoms with Gasteiger partial charge in [-0.2, -0.15) is 0 Å². The maximum atomic E-state index is 13.1. The molecule has 0 saturated heterocycles. The maximum Gasteiger partial charge on any atom is 0.123 e. The minimum absolute atomic E-state index is 0.282. The number of benzene rings is 1. The van der Waals surface area contributed by atoms with E-state index in [0.29, 0.717) is 19.0 Å². The third-order valence-corrected chi connectivity index (χ3v) is 3.24. The molecule has 0 radical (unpaired) electrons. The first-order chi connectivity index (χ1) is 7.80. The van der Waals surface area contributed by atoms with E-state index in [4.69, 9.17) is 0 Å². The molecule has 0 aliphatic rings. The molecule has 0 bridgehead atoms. The Morgan fingerprint density at radius 2 is 2.12 bits per heavy atom. The molecule has 1 unspecified atom stereocenters. The molecule has 0 aliphatic carbocycles. The van der Waals surface area contributed by atoms with Gasteiger partial charge in [0.2, 0.25) is 0 Å². The maximum absolute atomic E-state index is 13.1. The molecule has 1 aromatic carbocycles. The molecule has 0 aliphatic heterocycles. The number of nitrogens with one attached hydrogen (secondary N) is 1. The Hall–Kier alpha value is -0.450. The average Bonchev–Trinajstić information content (AvgIpc) is 2.20. The van der Waals surface area contributed by atoms with E-state index in [1.54, 1.807) is 13.0 Å². The molecule has 0 saturated carbocycles. The third-order valence-electron chi connectivity index (χ3n) is 2.47. The largest absolute Gasteiger partial charge is 0.389 e. The lowest BCUT2D eigenvalue weighted by Crippen LogP contribution is -2.42. The number of hydrogen-bond donors (Lipinski definition) is 2. The summed E-state index contributed by atoms with van der Waals surface area (Å²) in [5.74, 6) is -0.282. The molecule has 0 fully saturated rings. The summed E-state index contributed by atoms with van der Waals surface area (Å²) in [5, 5.41) is 13.4. The van der Waals surface area contributed by atoms with E-state index in [0.717, 1.165) is 10.0 Å². The van der Waals surface area contributed by atoms with Crippen molar-refractivity contribution in [1.29, 1.82) is 0 Å². The van der Waals surface area contributed by atoms with Crippen molar-refractivity contribution in [2.45, 2.75) is 38.8 Å². The SMILES string of the molecule is CC(C)NCC(C)(O)Cc1cc(F)ccc1Br. The van der Waals surface area contributed by atoms with Crippen molar-refractivity contribution in [2.24, 2.45) is 0 Å². The van der Waals surface area contributed by atoms with Gasteiger partial charge in [0.15, 0.2) is 0 Å². The first-order valence-electron chi connectivity index (χ1n) is 5.70. The van der Waals surface area contributed by atoms with Gasteiger partial charge in [-0.1, -0.05) is 29.8 Å². The van der Waals surface area contributed by atoms with Crippen LogP contribution in [0.15, 0.2) is 22.7 Å². The van der Waals surface area contributed by atoms with Gasteiger partial charge in [0, 0.05) is 23.5 Å². The standard InChI is InChI=1S/C13H19BrFNO/c1-9(2)16-8-13(3,17)7-10-6-11(15)4-5-12(10)14/h4-6,9,16-17H,7-8H2,1-3H3. The van der Waals surface area contributed by atoms with Crippen LogP contribution >= 0.6 is 15.9 Å². The van der Waals surface area contributed by atoms with Gasteiger partial charge in [-0.3, -0.25) is 0 Å². The van der Waals surface area contributed by atoms with Crippen LogP contribution in [0.1, 0.15) is 26.3 Å². The predicted octanol–water partition coefficient (Wildman–Crippen LogP) is 2.88. The number of rotatable bonds is 5. The van der Waals surface area contributed by atoms with Gasteiger partial charge in [-0.15, -0.1) is 0 Å². The van der Waals surface area contributed by atoms with E-state index < -0.39 is 5.60 Å². The van der Waals surface area contributed by atoms with Crippen molar-refractivity contribution < 1.29 is 9.50 Å². The lowest BCUT2D eigenvalue weighted by atomic mass is 9.96. The molecule has 17 heavy (non-hydrogen) atoms. The quantitative estimate of drug-likeness (QED) is 0.877. The highest BCUT2D eigenvalue weighted by Gasteiger charge is 2.22. The molecular formula is C13H19BrFNO. The fourth-order valence-corrected chi connectivity index (χ4v) is 1.96. The molecule has 1 rings (SSSR count). The average molecular weight is 304 g/mol. The molecule has 0 heterocycles. The van der Waals surface area contributed by atoms with Crippen molar-refractivity contribution in [2.75, 3.05) is 6.54 Å². The van der Waals surface area contributed by atoms with Crippen LogP contribution in [0, 0.1) is 5.82 Å². The monoisotopic (exact) mass is 303 g/mol. The van der Waals surface area contributed by atoms with Crippen molar-refractivity contribution in [3.05, 3.63) is 34.1 Å². The molecule has 0 spiro atoms. The lowest BCUT2D eigenvalue weighted by Gasteiger charge is -2.25. The number of hydrogen-bond acceptors (Lipinski definition) is 2. The Kier molecular flexibility index (Phi) is 5.10. The fraction of sp³-hybridized carbons (Fsp3) is 0.538. The van der Waals surface area contributed by atoms with Crippen molar-refractivity contribution in [1.82, 2.24) is 5.32 Å². The van der Waals surface area contributed by atoms with Gasteiger partial charge in [-0.05, 0) is 30.7 Å². The van der Waals surface area contributed by atoms with E-state index >= 15 is 0 Å². The second-order valence-electron chi connectivity index (χ2n) is 4.95. The zero-order chi connectivity index (χ0) is 13.1. The smallest absolute Gasteiger partial charge is 0.123 e. The summed E-state index contributed by atoms with van der Waals surface area (Å²) in [7, 11) is 0. The third kappa shape index (κ3) is 5.15. The van der Waals surface area contributed by atoms with E-state index in [2.05, 4.69) is 21.2 Å². The highest BCUT2D eigenvalue weighted by atomic mass is 79.9. The molecule has 0 amide bonds. The molecule has 0 aromatic heterocycles. The Bertz CT molecular complexity index is 380. The number of halogens is 2. The van der Waals surface area contributed by atoms with Crippen LogP contribution in [-0.2, 0) is 6.42 Å². The van der Waals surface area contributed by atoms with Gasteiger partial charge in [0.05, 0.1) is 5.60 Å². The first-order valence-corrected chi connectivity index (χ1v) is 6.49. The Labute approximate surface area is 110 Å². The molecule has 96 valence electrons. The summed E-state index contributed by atoms with van der Waals surface area (Å²) < 4.78 is 13.9. The Balaban J connectivity index is 2.71. The molecule has 1 atom stereocenters. The Morgan fingerprint density at radius 3 is 2.71 bits per heavy atom. The minimum Gasteiger partial charge on any atom is -0.389 e. The van der Waals surface area contributed by atoms with Gasteiger partial charge >= 0.3 is 0 Å². The van der Waals surface area contributed by atoms with Crippen molar-refractivity contribution in [3.63, 3.8) is 0 Å². The number of aliphatic hydroxyl groups is 1. The summed E-state index contributed by atoms with van der Waals surface area (Å²) in [4.78, 5) is 0. The summed E-state index contributed by atoms with van der Waals surface area (Å²) in [6.45, 7) is 6.27. The van der Waals surface area contributed by atoms with Crippen LogP contribution in [0.25, 0.3) is 0 Å². The van der Waals surface area contributed by atoms with Gasteiger partial charge in [-0.25, -0.2) is 4.39 Å². The zero-order valence-electron chi connectivity index (χ0n) is 10.4. The highest BCUT2D eigenvalue weighted by molar-refractivity contribution is 9.10. The second kappa shape index (κ2) is 5.94. The van der Waals surface area contributed by atoms with E-state index in [1.165, 1.54) is 12.1 Å². The van der Waals surface area contributed by atoms with Crippen LogP contribution in [0.2, 0.25) is 0 Å². The van der Waals surface area contributed by atoms with Crippen LogP contribution in [0.5, 0.6) is 0 Å². The molecular weight excluding hydrogens is 285 g/mol. The lowest BCUT2D eigenvalue weighted by molar-refractivity contribution is 0.0579. The molecule has 1 aromatic rings. The minimum atomic E-state index is -0.888. The van der Waals surface area contributed by atoms with Gasteiger partial charge in [0.1, 0.15) is 5.82 Å². The van der Waals surface area contributed by atoms with E-state index in [-0.39, 0.29) is 5.82 Å². The highest BCUT2D eigenvalue weighted by Crippen LogP contribution is 2.22. The topological polar surface area (TPSA) is 32.3 Å². The summed E-state index contributed by atoms with van der Waals surface area (Å²) in [6.07, 6.45) is 0.408. The van der Waals surface area contributed by atoms with Crippen molar-refractivity contribution in [3.8, 4) is 0 Å². The van der Waals surface area contributed by atoms with Crippen LogP contribution < -0.4 is 5.32 Å². The summed E-state index contributed by atoms with van der Waals surface area (Å²) >= 11 is 3.36. The van der Waals surface area contributed by atoms with Crippen LogP contribution in [0.4, 0.5) is 4.39 Å².